The molecule has 2 aromatic heterocycles. The van der Waals surface area contributed by atoms with Gasteiger partial charge in [0.1, 0.15) is 22.9 Å². The molecule has 0 fully saturated rings. The number of aryl methyl sites for hydroxylation is 3. The van der Waals surface area contributed by atoms with Crippen LogP contribution in [0.15, 0.2) is 22.6 Å². The smallest absolute Gasteiger partial charge is 0.344 e. The molecule has 0 radical (unpaired) electrons. The number of nitrogens with zero attached hydrogens (tertiary/aromatic N) is 2. The van der Waals surface area contributed by atoms with E-state index in [1.807, 2.05) is 26.0 Å². The van der Waals surface area contributed by atoms with Gasteiger partial charge >= 0.3 is 11.9 Å². The van der Waals surface area contributed by atoms with Gasteiger partial charge in [0.15, 0.2) is 19.0 Å². The van der Waals surface area contributed by atoms with Crippen LogP contribution in [0.25, 0.3) is 11.1 Å². The molecular weight excluding hydrogens is 390 g/mol. The Kier molecular flexibility index (Phi) is 6.20. The number of ether oxygens (including phenoxy) is 3. The molecule has 9 heteroatoms. The molecule has 3 rings (SSSR count). The third-order valence-electron chi connectivity index (χ3n) is 4.48. The molecule has 30 heavy (non-hydrogen) atoms. The number of furan rings is 1. The van der Waals surface area contributed by atoms with Gasteiger partial charge in [-0.3, -0.25) is 0 Å². The Bertz CT molecular complexity index is 1110. The molecule has 9 nitrogen and oxygen atoms in total. The highest BCUT2D eigenvalue weighted by Gasteiger charge is 2.24. The number of fused-ring (bicyclic) bond motifs is 1. The van der Waals surface area contributed by atoms with Gasteiger partial charge in [0, 0.05) is 0 Å². The molecule has 0 unspecified atom stereocenters. The molecule has 2 heterocycles. The molecule has 3 aromatic rings. The van der Waals surface area contributed by atoms with Crippen LogP contribution in [0.1, 0.15) is 40.0 Å². The number of anilines is 1. The van der Waals surface area contributed by atoms with Gasteiger partial charge in [-0.05, 0) is 51.0 Å². The molecule has 1 aromatic carbocycles. The molecule has 0 atom stereocenters. The van der Waals surface area contributed by atoms with Crippen LogP contribution in [0, 0.1) is 20.8 Å². The number of benzene rings is 1. The summed E-state index contributed by atoms with van der Waals surface area (Å²) in [6.07, 6.45) is 0. The van der Waals surface area contributed by atoms with Gasteiger partial charge in [0.2, 0.25) is 5.71 Å². The minimum atomic E-state index is -0.585. The molecule has 0 amide bonds. The van der Waals surface area contributed by atoms with Gasteiger partial charge < -0.3 is 24.4 Å². The molecule has 0 spiro atoms. The van der Waals surface area contributed by atoms with Crippen molar-refractivity contribution >= 4 is 28.9 Å². The highest BCUT2D eigenvalue weighted by molar-refractivity contribution is 6.07. The molecule has 0 saturated carbocycles. The van der Waals surface area contributed by atoms with Gasteiger partial charge in [-0.15, -0.1) is 0 Å². The normalized spacial score (nSPS) is 10.8. The average molecular weight is 413 g/mol. The highest BCUT2D eigenvalue weighted by atomic mass is 16.6. The van der Waals surface area contributed by atoms with E-state index in [1.54, 1.807) is 19.9 Å². The Balaban J connectivity index is 1.66. The van der Waals surface area contributed by atoms with E-state index in [0.717, 1.165) is 11.1 Å². The standard InChI is InChI=1S/C21H23N3O6/c1-5-27-21(26)17-13(4)30-20-18(17)19(22)23-15(24-20)9-29-16(25)10-28-14-7-6-11(2)12(3)8-14/h6-8H,5,9-10H2,1-4H3,(H2,22,23,24). The van der Waals surface area contributed by atoms with Crippen LogP contribution in [-0.2, 0) is 20.9 Å². The fraction of sp³-hybridized carbons (Fsp3) is 0.333. The predicted octanol–water partition coefficient (Wildman–Crippen LogP) is 3.03. The molecule has 0 aliphatic heterocycles. The van der Waals surface area contributed by atoms with Crippen LogP contribution in [0.2, 0.25) is 0 Å². The molecule has 0 aliphatic rings. The molecule has 0 bridgehead atoms. The molecular formula is C21H23N3O6. The van der Waals surface area contributed by atoms with Crippen LogP contribution in [-0.4, -0.2) is 35.1 Å². The zero-order valence-electron chi connectivity index (χ0n) is 17.3. The van der Waals surface area contributed by atoms with Crippen molar-refractivity contribution in [3.05, 3.63) is 46.5 Å². The zero-order valence-corrected chi connectivity index (χ0v) is 17.3. The second-order valence-corrected chi connectivity index (χ2v) is 6.65. The summed E-state index contributed by atoms with van der Waals surface area (Å²) in [6, 6.07) is 5.55. The minimum Gasteiger partial charge on any atom is -0.482 e. The van der Waals surface area contributed by atoms with E-state index in [1.165, 1.54) is 0 Å². The number of carbonyl (C=O) groups is 2. The van der Waals surface area contributed by atoms with Crippen molar-refractivity contribution in [1.82, 2.24) is 9.97 Å². The quantitative estimate of drug-likeness (QED) is 0.581. The zero-order chi connectivity index (χ0) is 21.8. The third kappa shape index (κ3) is 4.51. The Morgan fingerprint density at radius 3 is 2.57 bits per heavy atom. The van der Waals surface area contributed by atoms with Crippen molar-refractivity contribution in [3.63, 3.8) is 0 Å². The number of carbonyl (C=O) groups excluding carboxylic acids is 2. The van der Waals surface area contributed by atoms with Crippen molar-refractivity contribution in [2.24, 2.45) is 0 Å². The van der Waals surface area contributed by atoms with Crippen LogP contribution < -0.4 is 10.5 Å². The number of nitrogen functional groups attached to an aromatic ring is 1. The summed E-state index contributed by atoms with van der Waals surface area (Å²) in [5.41, 5.74) is 8.50. The van der Waals surface area contributed by atoms with E-state index in [9.17, 15) is 9.59 Å². The Morgan fingerprint density at radius 1 is 1.10 bits per heavy atom. The van der Waals surface area contributed by atoms with E-state index in [-0.39, 0.29) is 48.1 Å². The first-order valence-corrected chi connectivity index (χ1v) is 9.38. The van der Waals surface area contributed by atoms with Crippen LogP contribution >= 0.6 is 0 Å². The number of rotatable bonds is 7. The summed E-state index contributed by atoms with van der Waals surface area (Å²) in [5, 5.41) is 0.277. The summed E-state index contributed by atoms with van der Waals surface area (Å²) in [6.45, 7) is 7.00. The van der Waals surface area contributed by atoms with Gasteiger partial charge in [-0.25, -0.2) is 14.6 Å². The highest BCUT2D eigenvalue weighted by Crippen LogP contribution is 2.29. The molecule has 2 N–H and O–H groups in total. The van der Waals surface area contributed by atoms with E-state index >= 15 is 0 Å². The number of hydrogen-bond donors (Lipinski definition) is 1. The molecule has 0 aliphatic carbocycles. The summed E-state index contributed by atoms with van der Waals surface area (Å²) in [5.74, 6) is -0.0685. The average Bonchev–Trinajstić information content (AvgIpc) is 3.04. The van der Waals surface area contributed by atoms with Crippen LogP contribution in [0.5, 0.6) is 5.75 Å². The number of hydrogen-bond acceptors (Lipinski definition) is 9. The summed E-state index contributed by atoms with van der Waals surface area (Å²) < 4.78 is 21.1. The van der Waals surface area contributed by atoms with Gasteiger partial charge in [-0.2, -0.15) is 4.98 Å². The van der Waals surface area contributed by atoms with E-state index < -0.39 is 11.9 Å². The van der Waals surface area contributed by atoms with E-state index in [2.05, 4.69) is 9.97 Å². The van der Waals surface area contributed by atoms with Gasteiger partial charge in [0.25, 0.3) is 0 Å². The third-order valence-corrected chi connectivity index (χ3v) is 4.48. The van der Waals surface area contributed by atoms with Crippen LogP contribution in [0.3, 0.4) is 0 Å². The number of nitrogens with two attached hydrogens (primary N) is 1. The number of esters is 2. The summed E-state index contributed by atoms with van der Waals surface area (Å²) in [4.78, 5) is 32.4. The SMILES string of the molecule is CCOC(=O)c1c(C)oc2nc(COC(=O)COc3ccc(C)c(C)c3)nc(N)c12. The largest absolute Gasteiger partial charge is 0.482 e. The van der Waals surface area contributed by atoms with Crippen molar-refractivity contribution in [3.8, 4) is 5.75 Å². The topological polar surface area (TPSA) is 127 Å². The lowest BCUT2D eigenvalue weighted by Gasteiger charge is -2.08. The maximum atomic E-state index is 12.1. The fourth-order valence-electron chi connectivity index (χ4n) is 2.83. The first kappa shape index (κ1) is 21.1. The van der Waals surface area contributed by atoms with Crippen molar-refractivity contribution < 1.29 is 28.2 Å². The maximum absolute atomic E-state index is 12.1. The van der Waals surface area contributed by atoms with E-state index in [4.69, 9.17) is 24.4 Å². The van der Waals surface area contributed by atoms with Crippen molar-refractivity contribution in [2.45, 2.75) is 34.3 Å². The lowest BCUT2D eigenvalue weighted by atomic mass is 10.1. The lowest BCUT2D eigenvalue weighted by molar-refractivity contribution is -0.147. The van der Waals surface area contributed by atoms with Crippen LogP contribution in [0.4, 0.5) is 5.82 Å². The second kappa shape index (κ2) is 8.81. The first-order chi connectivity index (χ1) is 14.3. The van der Waals surface area contributed by atoms with Crippen molar-refractivity contribution in [2.75, 3.05) is 18.9 Å². The van der Waals surface area contributed by atoms with Gasteiger partial charge in [0.05, 0.1) is 12.0 Å². The Hall–Kier alpha value is -3.62. The fourth-order valence-corrected chi connectivity index (χ4v) is 2.83. The van der Waals surface area contributed by atoms with E-state index in [0.29, 0.717) is 11.5 Å². The first-order valence-electron chi connectivity index (χ1n) is 9.38. The second-order valence-electron chi connectivity index (χ2n) is 6.65. The monoisotopic (exact) mass is 413 g/mol. The summed E-state index contributed by atoms with van der Waals surface area (Å²) >= 11 is 0. The predicted molar refractivity (Wildman–Crippen MR) is 108 cm³/mol. The summed E-state index contributed by atoms with van der Waals surface area (Å²) in [7, 11) is 0. The maximum Gasteiger partial charge on any atom is 0.344 e. The Morgan fingerprint density at radius 2 is 1.87 bits per heavy atom. The molecule has 158 valence electrons. The van der Waals surface area contributed by atoms with Gasteiger partial charge in [-0.1, -0.05) is 6.07 Å². The Labute approximate surface area is 173 Å². The molecule has 0 saturated heterocycles. The minimum absolute atomic E-state index is 0.0392. The van der Waals surface area contributed by atoms with Crippen molar-refractivity contribution in [1.29, 1.82) is 0 Å². The number of aromatic nitrogens is 2. The lowest BCUT2D eigenvalue weighted by Crippen LogP contribution is -2.16.